The fourth-order valence-electron chi connectivity index (χ4n) is 2.38. The summed E-state index contributed by atoms with van der Waals surface area (Å²) in [6.07, 6.45) is 0. The Labute approximate surface area is 90.2 Å². The second-order valence-electron chi connectivity index (χ2n) is 5.01. The van der Waals surface area contributed by atoms with Crippen molar-refractivity contribution in [1.82, 2.24) is 4.90 Å². The van der Waals surface area contributed by atoms with E-state index in [1.54, 1.807) is 0 Å². The molecule has 0 aromatic rings. The molecule has 0 saturated carbocycles. The van der Waals surface area contributed by atoms with E-state index in [-0.39, 0.29) is 12.0 Å². The molecule has 2 atom stereocenters. The first kappa shape index (κ1) is 10.9. The maximum atomic E-state index is 11.0. The zero-order valence-corrected chi connectivity index (χ0v) is 9.35. The first-order chi connectivity index (χ1) is 7.09. The van der Waals surface area contributed by atoms with Crippen LogP contribution in [0.25, 0.3) is 0 Å². The van der Waals surface area contributed by atoms with Crippen LogP contribution in [0.2, 0.25) is 0 Å². The average molecular weight is 213 g/mol. The van der Waals surface area contributed by atoms with E-state index in [4.69, 9.17) is 9.84 Å². The lowest BCUT2D eigenvalue weighted by Gasteiger charge is -2.45. The van der Waals surface area contributed by atoms with Gasteiger partial charge in [-0.2, -0.15) is 0 Å². The predicted molar refractivity (Wildman–Crippen MR) is 55.6 cm³/mol. The number of rotatable bonds is 3. The number of likely N-dealkylation sites (tertiary alicyclic amines) is 1. The molecule has 2 heterocycles. The highest BCUT2D eigenvalue weighted by molar-refractivity contribution is 5.71. The molecule has 0 spiro atoms. The molecule has 0 bridgehead atoms. The summed E-state index contributed by atoms with van der Waals surface area (Å²) in [6, 6.07) is 0.109. The third-order valence-electron chi connectivity index (χ3n) is 3.72. The molecule has 2 saturated heterocycles. The molecule has 2 fully saturated rings. The van der Waals surface area contributed by atoms with Crippen LogP contribution < -0.4 is 0 Å². The summed E-state index contributed by atoms with van der Waals surface area (Å²) in [5.74, 6) is 0.399. The van der Waals surface area contributed by atoms with Crippen LogP contribution >= 0.6 is 0 Å². The van der Waals surface area contributed by atoms with E-state index in [0.29, 0.717) is 19.1 Å². The van der Waals surface area contributed by atoms with Crippen LogP contribution in [0.4, 0.5) is 0 Å². The van der Waals surface area contributed by atoms with Gasteiger partial charge in [0.2, 0.25) is 0 Å². The van der Waals surface area contributed by atoms with Crippen molar-refractivity contribution in [2.75, 3.05) is 26.3 Å². The van der Waals surface area contributed by atoms with E-state index in [1.165, 1.54) is 0 Å². The van der Waals surface area contributed by atoms with Crippen LogP contribution in [-0.2, 0) is 9.53 Å². The summed E-state index contributed by atoms with van der Waals surface area (Å²) in [4.78, 5) is 13.2. The zero-order valence-electron chi connectivity index (χ0n) is 9.35. The quantitative estimate of drug-likeness (QED) is 0.748. The third-order valence-corrected chi connectivity index (χ3v) is 3.72. The van der Waals surface area contributed by atoms with Gasteiger partial charge in [-0.15, -0.1) is 0 Å². The molecule has 4 heteroatoms. The minimum atomic E-state index is -0.717. The van der Waals surface area contributed by atoms with E-state index in [2.05, 4.69) is 18.7 Å². The van der Waals surface area contributed by atoms with Gasteiger partial charge in [0.15, 0.2) is 0 Å². The lowest BCUT2D eigenvalue weighted by molar-refractivity contribution is -0.144. The summed E-state index contributed by atoms with van der Waals surface area (Å²) in [6.45, 7) is 7.49. The Bertz CT molecular complexity index is 248. The molecule has 0 aliphatic carbocycles. The number of hydrogen-bond acceptors (Lipinski definition) is 3. The number of carboxylic acids is 1. The first-order valence-corrected chi connectivity index (χ1v) is 5.64. The molecule has 1 N–H and O–H groups in total. The number of nitrogens with zero attached hydrogens (tertiary/aromatic N) is 1. The molecule has 2 unspecified atom stereocenters. The van der Waals surface area contributed by atoms with Gasteiger partial charge in [0.25, 0.3) is 0 Å². The van der Waals surface area contributed by atoms with Crippen molar-refractivity contribution in [3.05, 3.63) is 0 Å². The van der Waals surface area contributed by atoms with E-state index < -0.39 is 5.97 Å². The maximum absolute atomic E-state index is 11.0. The summed E-state index contributed by atoms with van der Waals surface area (Å²) in [5.41, 5.74) is 0. The minimum Gasteiger partial charge on any atom is -0.481 e. The first-order valence-electron chi connectivity index (χ1n) is 5.64. The van der Waals surface area contributed by atoms with Crippen molar-refractivity contribution < 1.29 is 14.6 Å². The third kappa shape index (κ3) is 2.01. The van der Waals surface area contributed by atoms with Crippen molar-refractivity contribution in [3.63, 3.8) is 0 Å². The zero-order chi connectivity index (χ0) is 11.0. The minimum absolute atomic E-state index is 0.109. The molecule has 15 heavy (non-hydrogen) atoms. The fourth-order valence-corrected chi connectivity index (χ4v) is 2.38. The number of carbonyl (C=O) groups is 1. The number of ether oxygens (including phenoxy) is 1. The van der Waals surface area contributed by atoms with Gasteiger partial charge in [0.05, 0.1) is 19.1 Å². The SMILES string of the molecule is CC(C)C1CN(C2COCC2C(=O)O)C1. The maximum Gasteiger partial charge on any atom is 0.310 e. The average Bonchev–Trinajstić information content (AvgIpc) is 2.48. The van der Waals surface area contributed by atoms with Crippen LogP contribution in [0.5, 0.6) is 0 Å². The van der Waals surface area contributed by atoms with Gasteiger partial charge in [0.1, 0.15) is 0 Å². The summed E-state index contributed by atoms with van der Waals surface area (Å²) in [5, 5.41) is 9.02. The van der Waals surface area contributed by atoms with Crippen molar-refractivity contribution >= 4 is 5.97 Å². The Morgan fingerprint density at radius 3 is 2.60 bits per heavy atom. The Kier molecular flexibility index (Phi) is 2.98. The second kappa shape index (κ2) is 4.10. The topological polar surface area (TPSA) is 49.8 Å². The largest absolute Gasteiger partial charge is 0.481 e. The Morgan fingerprint density at radius 2 is 2.07 bits per heavy atom. The summed E-state index contributed by atoms with van der Waals surface area (Å²) >= 11 is 0. The molecule has 2 aliphatic rings. The van der Waals surface area contributed by atoms with Crippen molar-refractivity contribution in [3.8, 4) is 0 Å². The molecule has 86 valence electrons. The molecule has 0 aromatic carbocycles. The number of hydrogen-bond donors (Lipinski definition) is 1. The number of aliphatic carboxylic acids is 1. The van der Waals surface area contributed by atoms with E-state index in [1.807, 2.05) is 0 Å². The normalized spacial score (nSPS) is 33.3. The van der Waals surface area contributed by atoms with Crippen molar-refractivity contribution in [2.24, 2.45) is 17.8 Å². The molecule has 2 aliphatic heterocycles. The van der Waals surface area contributed by atoms with Crippen LogP contribution in [0.3, 0.4) is 0 Å². The lowest BCUT2D eigenvalue weighted by Crippen LogP contribution is -2.56. The molecule has 2 rings (SSSR count). The van der Waals surface area contributed by atoms with Gasteiger partial charge in [-0.05, 0) is 11.8 Å². The number of carboxylic acid groups (broad SMARTS) is 1. The monoisotopic (exact) mass is 213 g/mol. The molecule has 0 amide bonds. The standard InChI is InChI=1S/C11H19NO3/c1-7(2)8-3-12(4-8)10-6-15-5-9(10)11(13)14/h7-10H,3-6H2,1-2H3,(H,13,14). The molecular weight excluding hydrogens is 194 g/mol. The molecule has 4 nitrogen and oxygen atoms in total. The smallest absolute Gasteiger partial charge is 0.310 e. The highest BCUT2D eigenvalue weighted by Crippen LogP contribution is 2.30. The summed E-state index contributed by atoms with van der Waals surface area (Å²) in [7, 11) is 0. The Hall–Kier alpha value is -0.610. The van der Waals surface area contributed by atoms with Crippen molar-refractivity contribution in [2.45, 2.75) is 19.9 Å². The highest BCUT2D eigenvalue weighted by atomic mass is 16.5. The Morgan fingerprint density at radius 1 is 1.40 bits per heavy atom. The van der Waals surface area contributed by atoms with E-state index >= 15 is 0 Å². The van der Waals surface area contributed by atoms with Gasteiger partial charge in [-0.1, -0.05) is 13.8 Å². The van der Waals surface area contributed by atoms with Crippen molar-refractivity contribution in [1.29, 1.82) is 0 Å². The van der Waals surface area contributed by atoms with Crippen LogP contribution in [0.15, 0.2) is 0 Å². The molecule has 0 aromatic heterocycles. The highest BCUT2D eigenvalue weighted by Gasteiger charge is 2.43. The predicted octanol–water partition coefficient (Wildman–Crippen LogP) is 0.674. The molecular formula is C11H19NO3. The van der Waals surface area contributed by atoms with Gasteiger partial charge in [-0.3, -0.25) is 9.69 Å². The van der Waals surface area contributed by atoms with Gasteiger partial charge in [-0.25, -0.2) is 0 Å². The lowest BCUT2D eigenvalue weighted by atomic mass is 9.85. The van der Waals surface area contributed by atoms with Crippen LogP contribution in [0, 0.1) is 17.8 Å². The van der Waals surface area contributed by atoms with Crippen LogP contribution in [0.1, 0.15) is 13.8 Å². The second-order valence-corrected chi connectivity index (χ2v) is 5.01. The summed E-state index contributed by atoms with van der Waals surface area (Å²) < 4.78 is 5.26. The van der Waals surface area contributed by atoms with E-state index in [9.17, 15) is 4.79 Å². The molecule has 0 radical (unpaired) electrons. The van der Waals surface area contributed by atoms with E-state index in [0.717, 1.165) is 19.0 Å². The fraction of sp³-hybridized carbons (Fsp3) is 0.909. The van der Waals surface area contributed by atoms with Gasteiger partial charge >= 0.3 is 5.97 Å². The Balaban J connectivity index is 1.88. The van der Waals surface area contributed by atoms with Gasteiger partial charge < -0.3 is 9.84 Å². The van der Waals surface area contributed by atoms with Gasteiger partial charge in [0, 0.05) is 19.1 Å². The van der Waals surface area contributed by atoms with Crippen LogP contribution in [-0.4, -0.2) is 48.3 Å².